The zero-order chi connectivity index (χ0) is 30.0. The van der Waals surface area contributed by atoms with Crippen molar-refractivity contribution in [3.8, 4) is 5.75 Å². The van der Waals surface area contributed by atoms with Gasteiger partial charge in [0, 0.05) is 0 Å². The summed E-state index contributed by atoms with van der Waals surface area (Å²) >= 11 is 0. The standard InChI is InChI=1S/C9H11NO3.C6H13NO2.C5H9NO2.C4H9NO3/c10-8(9(12)13)5-6-1-3-7(11)4-2-6;1-4(2)3-5(7)6(8)9;7-5(8)4-2-1-3-6-4;1-2(6)3(5)4(7)8/h1-4,8,11H,5,10H2,(H,12,13);4-5H,3,7H2,1-2H3,(H,8,9);4,6H,1-3H2,(H,7,8);2-3,6H,5H2,1H3,(H,7,8)/t8-;5-;4-;2-,3+/m0001/s1. The SMILES string of the molecule is CC(C)C[C@H](N)C(=O)O.C[C@@H](O)[C@H](N)C(=O)O.N[C@@H](Cc1ccc(O)cc1)C(=O)O.O=C(O)[C@@H]1CCCN1. The van der Waals surface area contributed by atoms with Crippen LogP contribution in [0.15, 0.2) is 24.3 Å². The first kappa shape index (κ1) is 36.9. The Morgan fingerprint density at radius 2 is 1.39 bits per heavy atom. The third kappa shape index (κ3) is 18.9. The lowest BCUT2D eigenvalue weighted by Crippen LogP contribution is -2.39. The fourth-order valence-electron chi connectivity index (χ4n) is 2.68. The van der Waals surface area contributed by atoms with Gasteiger partial charge in [-0.3, -0.25) is 19.2 Å². The normalized spacial score (nSPS) is 17.1. The summed E-state index contributed by atoms with van der Waals surface area (Å²) in [4.78, 5) is 40.5. The molecule has 0 aromatic heterocycles. The molecule has 5 atom stereocenters. The van der Waals surface area contributed by atoms with Gasteiger partial charge in [-0.15, -0.1) is 0 Å². The second-order valence-corrected chi connectivity index (χ2v) is 8.98. The molecule has 0 saturated carbocycles. The van der Waals surface area contributed by atoms with E-state index in [1.807, 2.05) is 13.8 Å². The molecule has 13 N–H and O–H groups in total. The average Bonchev–Trinajstić information content (AvgIpc) is 3.36. The van der Waals surface area contributed by atoms with E-state index in [9.17, 15) is 19.2 Å². The molecule has 0 radical (unpaired) electrons. The summed E-state index contributed by atoms with van der Waals surface area (Å²) in [6.45, 7) is 6.08. The van der Waals surface area contributed by atoms with Gasteiger partial charge < -0.3 is 53.2 Å². The van der Waals surface area contributed by atoms with Crippen LogP contribution in [0.5, 0.6) is 5.75 Å². The van der Waals surface area contributed by atoms with E-state index in [0.717, 1.165) is 24.9 Å². The molecule has 218 valence electrons. The molecule has 0 bridgehead atoms. The van der Waals surface area contributed by atoms with Crippen molar-refractivity contribution < 1.29 is 49.8 Å². The van der Waals surface area contributed by atoms with E-state index in [1.165, 1.54) is 19.1 Å². The highest BCUT2D eigenvalue weighted by molar-refractivity contribution is 5.74. The molecule has 1 aliphatic heterocycles. The molecular weight excluding hydrogens is 504 g/mol. The molecule has 0 spiro atoms. The number of aromatic hydroxyl groups is 1. The van der Waals surface area contributed by atoms with E-state index in [4.69, 9.17) is 47.8 Å². The van der Waals surface area contributed by atoms with E-state index in [1.54, 1.807) is 12.1 Å². The number of nitrogens with two attached hydrogens (primary N) is 3. The number of hydrogen-bond donors (Lipinski definition) is 10. The van der Waals surface area contributed by atoms with E-state index >= 15 is 0 Å². The van der Waals surface area contributed by atoms with Crippen LogP contribution in [0.4, 0.5) is 0 Å². The van der Waals surface area contributed by atoms with Crippen LogP contribution in [-0.2, 0) is 25.6 Å². The Labute approximate surface area is 221 Å². The number of phenolic OH excluding ortho intramolecular Hbond substituents is 1. The summed E-state index contributed by atoms with van der Waals surface area (Å²) in [5.74, 6) is -3.32. The molecule has 14 nitrogen and oxygen atoms in total. The highest BCUT2D eigenvalue weighted by Gasteiger charge is 2.20. The van der Waals surface area contributed by atoms with E-state index in [0.29, 0.717) is 12.3 Å². The minimum Gasteiger partial charge on any atom is -0.508 e. The number of hydrogen-bond acceptors (Lipinski definition) is 10. The number of aliphatic hydroxyl groups excluding tert-OH is 1. The molecule has 0 aliphatic carbocycles. The van der Waals surface area contributed by atoms with Gasteiger partial charge in [-0.2, -0.15) is 0 Å². The Hall–Kier alpha value is -3.30. The lowest BCUT2D eigenvalue weighted by Gasteiger charge is -2.07. The van der Waals surface area contributed by atoms with Crippen molar-refractivity contribution in [3.05, 3.63) is 29.8 Å². The molecular formula is C24H42N4O10. The lowest BCUT2D eigenvalue weighted by atomic mass is 10.1. The highest BCUT2D eigenvalue weighted by Crippen LogP contribution is 2.10. The molecule has 38 heavy (non-hydrogen) atoms. The maximum absolute atomic E-state index is 10.4. The lowest BCUT2D eigenvalue weighted by molar-refractivity contribution is -0.141. The van der Waals surface area contributed by atoms with Crippen LogP contribution < -0.4 is 22.5 Å². The second kappa shape index (κ2) is 19.8. The van der Waals surface area contributed by atoms with Crippen molar-refractivity contribution in [1.82, 2.24) is 5.32 Å². The van der Waals surface area contributed by atoms with Crippen molar-refractivity contribution >= 4 is 23.9 Å². The zero-order valence-electron chi connectivity index (χ0n) is 21.9. The molecule has 14 heteroatoms. The van der Waals surface area contributed by atoms with Gasteiger partial charge in [0.1, 0.15) is 29.9 Å². The maximum Gasteiger partial charge on any atom is 0.323 e. The Morgan fingerprint density at radius 1 is 0.895 bits per heavy atom. The minimum atomic E-state index is -1.18. The van der Waals surface area contributed by atoms with Crippen molar-refractivity contribution in [2.45, 2.75) is 76.7 Å². The molecule has 1 saturated heterocycles. The predicted octanol–water partition coefficient (Wildman–Crippen LogP) is -0.607. The van der Waals surface area contributed by atoms with E-state index < -0.39 is 48.1 Å². The van der Waals surface area contributed by atoms with Crippen LogP contribution in [0, 0.1) is 5.92 Å². The number of rotatable bonds is 9. The number of carboxylic acids is 4. The van der Waals surface area contributed by atoms with E-state index in [2.05, 4.69) is 5.32 Å². The van der Waals surface area contributed by atoms with Crippen molar-refractivity contribution in [2.24, 2.45) is 23.1 Å². The number of aliphatic carboxylic acids is 4. The first-order chi connectivity index (χ1) is 17.5. The Bertz CT molecular complexity index is 831. The van der Waals surface area contributed by atoms with Crippen molar-refractivity contribution in [1.29, 1.82) is 0 Å². The number of carbonyl (C=O) groups is 4. The molecule has 1 aliphatic rings. The molecule has 1 fully saturated rings. The fourth-order valence-corrected chi connectivity index (χ4v) is 2.68. The van der Waals surface area contributed by atoms with Crippen LogP contribution in [0.1, 0.15) is 45.6 Å². The zero-order valence-corrected chi connectivity index (χ0v) is 21.9. The Morgan fingerprint density at radius 3 is 1.63 bits per heavy atom. The van der Waals surface area contributed by atoms with Crippen LogP contribution in [0.25, 0.3) is 0 Å². The fraction of sp³-hybridized carbons (Fsp3) is 0.583. The summed E-state index contributed by atoms with van der Waals surface area (Å²) in [6.07, 6.45) is 1.63. The van der Waals surface area contributed by atoms with Crippen LogP contribution in [-0.4, -0.2) is 91.3 Å². The van der Waals surface area contributed by atoms with Crippen LogP contribution in [0.2, 0.25) is 0 Å². The number of phenols is 1. The summed E-state index contributed by atoms with van der Waals surface area (Å²) in [7, 11) is 0. The summed E-state index contributed by atoms with van der Waals surface area (Å²) in [5, 5.41) is 53.5. The van der Waals surface area contributed by atoms with Gasteiger partial charge in [-0.25, -0.2) is 0 Å². The molecule has 1 aromatic rings. The third-order valence-corrected chi connectivity index (χ3v) is 4.91. The van der Waals surface area contributed by atoms with Crippen molar-refractivity contribution in [3.63, 3.8) is 0 Å². The minimum absolute atomic E-state index is 0.160. The third-order valence-electron chi connectivity index (χ3n) is 4.91. The van der Waals surface area contributed by atoms with Gasteiger partial charge >= 0.3 is 23.9 Å². The van der Waals surface area contributed by atoms with Gasteiger partial charge in [0.2, 0.25) is 0 Å². The average molecular weight is 547 g/mol. The number of nitrogens with one attached hydrogen (secondary N) is 1. The van der Waals surface area contributed by atoms with E-state index in [-0.39, 0.29) is 18.2 Å². The monoisotopic (exact) mass is 546 g/mol. The van der Waals surface area contributed by atoms with Gasteiger partial charge in [-0.1, -0.05) is 26.0 Å². The quantitative estimate of drug-likeness (QED) is 0.185. The summed E-state index contributed by atoms with van der Waals surface area (Å²) in [5.41, 5.74) is 16.3. The smallest absolute Gasteiger partial charge is 0.323 e. The van der Waals surface area contributed by atoms with Gasteiger partial charge in [0.25, 0.3) is 0 Å². The molecule has 1 aromatic carbocycles. The first-order valence-corrected chi connectivity index (χ1v) is 11.9. The largest absolute Gasteiger partial charge is 0.508 e. The number of aliphatic hydroxyl groups is 1. The van der Waals surface area contributed by atoms with Gasteiger partial charge in [-0.05, 0) is 62.8 Å². The number of carboxylic acid groups (broad SMARTS) is 4. The van der Waals surface area contributed by atoms with Crippen molar-refractivity contribution in [2.75, 3.05) is 6.54 Å². The molecule has 1 heterocycles. The van der Waals surface area contributed by atoms with Crippen LogP contribution in [0.3, 0.4) is 0 Å². The summed E-state index contributed by atoms with van der Waals surface area (Å²) < 4.78 is 0. The Kier molecular flexibility index (Phi) is 19.2. The molecule has 0 amide bonds. The van der Waals surface area contributed by atoms with Crippen LogP contribution >= 0.6 is 0 Å². The molecule has 0 unspecified atom stereocenters. The highest BCUT2D eigenvalue weighted by atomic mass is 16.4. The number of benzene rings is 1. The second-order valence-electron chi connectivity index (χ2n) is 8.98. The maximum atomic E-state index is 10.4. The topological polar surface area (TPSA) is 280 Å². The first-order valence-electron chi connectivity index (χ1n) is 11.9. The van der Waals surface area contributed by atoms with Gasteiger partial charge in [0.15, 0.2) is 0 Å². The predicted molar refractivity (Wildman–Crippen MR) is 138 cm³/mol. The van der Waals surface area contributed by atoms with Gasteiger partial charge in [0.05, 0.1) is 6.10 Å². The summed E-state index contributed by atoms with van der Waals surface area (Å²) in [6, 6.07) is 3.31. The Balaban J connectivity index is 0. The molecule has 2 rings (SSSR count).